The molecule has 1 unspecified atom stereocenters. The van der Waals surface area contributed by atoms with Crippen molar-refractivity contribution in [2.24, 2.45) is 0 Å². The van der Waals surface area contributed by atoms with E-state index in [-0.39, 0.29) is 31.2 Å². The predicted octanol–water partition coefficient (Wildman–Crippen LogP) is 1.92. The Bertz CT molecular complexity index is 643. The normalized spacial score (nSPS) is 20.3. The van der Waals surface area contributed by atoms with Gasteiger partial charge in [-0.2, -0.15) is 0 Å². The van der Waals surface area contributed by atoms with Crippen LogP contribution in [0.5, 0.6) is 0 Å². The maximum Gasteiger partial charge on any atom is 0.255 e. The molecular weight excluding hydrogens is 287 g/mol. The van der Waals surface area contributed by atoms with Gasteiger partial charge in [0.05, 0.1) is 6.54 Å². The second-order valence-corrected chi connectivity index (χ2v) is 5.17. The third kappa shape index (κ3) is 2.73. The summed E-state index contributed by atoms with van der Waals surface area (Å²) in [5.74, 6) is -1.60. The van der Waals surface area contributed by atoms with Gasteiger partial charge in [-0.25, -0.2) is 4.39 Å². The Labute approximate surface area is 128 Å². The number of carbonyl (C=O) groups is 3. The van der Waals surface area contributed by atoms with Crippen LogP contribution in [0, 0.1) is 12.7 Å². The molecule has 1 saturated heterocycles. The molecule has 0 bridgehead atoms. The van der Waals surface area contributed by atoms with E-state index in [1.165, 1.54) is 11.0 Å². The van der Waals surface area contributed by atoms with E-state index in [1.54, 1.807) is 13.0 Å². The summed E-state index contributed by atoms with van der Waals surface area (Å²) in [6.07, 6.45) is 0.475. The van der Waals surface area contributed by atoms with Crippen LogP contribution in [-0.2, 0) is 16.1 Å². The van der Waals surface area contributed by atoms with Crippen LogP contribution in [0.2, 0.25) is 0 Å². The molecule has 2 aliphatic rings. The molecule has 22 heavy (non-hydrogen) atoms. The third-order valence-corrected chi connectivity index (χ3v) is 3.75. The number of carbonyl (C=O) groups excluding carboxylic acids is 3. The van der Waals surface area contributed by atoms with Crippen molar-refractivity contribution in [1.82, 2.24) is 10.2 Å². The van der Waals surface area contributed by atoms with Gasteiger partial charge in [0.25, 0.3) is 5.91 Å². The fourth-order valence-electron chi connectivity index (χ4n) is 2.75. The molecule has 0 radical (unpaired) electrons. The molecule has 3 rings (SSSR count). The summed E-state index contributed by atoms with van der Waals surface area (Å²) in [4.78, 5) is 36.6. The van der Waals surface area contributed by atoms with E-state index in [1.807, 2.05) is 13.8 Å². The number of aryl methyl sites for hydroxylation is 1. The average Bonchev–Trinajstić information content (AvgIpc) is 2.79. The summed E-state index contributed by atoms with van der Waals surface area (Å²) >= 11 is 0. The summed E-state index contributed by atoms with van der Waals surface area (Å²) in [5.41, 5.74) is 1.30. The molecule has 3 amide bonds. The number of hydrogen-bond acceptors (Lipinski definition) is 3. The summed E-state index contributed by atoms with van der Waals surface area (Å²) in [6.45, 7) is 5.79. The Morgan fingerprint density at radius 1 is 1.23 bits per heavy atom. The first kappa shape index (κ1) is 16.1. The second-order valence-electron chi connectivity index (χ2n) is 5.17. The van der Waals surface area contributed by atoms with Crippen LogP contribution in [0.3, 0.4) is 0 Å². The molecule has 1 N–H and O–H groups in total. The van der Waals surface area contributed by atoms with Crippen LogP contribution in [0.25, 0.3) is 0 Å². The van der Waals surface area contributed by atoms with Crippen LogP contribution in [-0.4, -0.2) is 28.7 Å². The van der Waals surface area contributed by atoms with Gasteiger partial charge in [-0.1, -0.05) is 13.8 Å². The summed E-state index contributed by atoms with van der Waals surface area (Å²) in [5, 5.41) is 2.21. The molecular formula is C16H19FN2O3. The van der Waals surface area contributed by atoms with Crippen molar-refractivity contribution in [2.75, 3.05) is 0 Å². The van der Waals surface area contributed by atoms with E-state index >= 15 is 0 Å². The van der Waals surface area contributed by atoms with Gasteiger partial charge in [-0.3, -0.25) is 19.7 Å². The largest absolute Gasteiger partial charge is 0.322 e. The number of piperidine rings is 1. The molecule has 1 aromatic rings. The predicted molar refractivity (Wildman–Crippen MR) is 78.5 cm³/mol. The van der Waals surface area contributed by atoms with Crippen LogP contribution in [0.4, 0.5) is 4.39 Å². The average molecular weight is 306 g/mol. The Kier molecular flexibility index (Phi) is 4.59. The van der Waals surface area contributed by atoms with Crippen molar-refractivity contribution in [3.63, 3.8) is 0 Å². The molecule has 0 saturated carbocycles. The van der Waals surface area contributed by atoms with Gasteiger partial charge in [0.15, 0.2) is 0 Å². The van der Waals surface area contributed by atoms with Gasteiger partial charge in [-0.15, -0.1) is 0 Å². The highest BCUT2D eigenvalue weighted by atomic mass is 19.1. The Morgan fingerprint density at radius 2 is 1.91 bits per heavy atom. The van der Waals surface area contributed by atoms with Crippen LogP contribution in [0.1, 0.15) is 48.2 Å². The number of halogens is 1. The maximum atomic E-state index is 13.9. The van der Waals surface area contributed by atoms with Gasteiger partial charge >= 0.3 is 0 Å². The van der Waals surface area contributed by atoms with Crippen LogP contribution < -0.4 is 5.32 Å². The van der Waals surface area contributed by atoms with Gasteiger partial charge < -0.3 is 4.90 Å². The highest BCUT2D eigenvalue weighted by molar-refractivity contribution is 6.05. The van der Waals surface area contributed by atoms with Crippen molar-refractivity contribution in [1.29, 1.82) is 0 Å². The maximum absolute atomic E-state index is 13.9. The lowest BCUT2D eigenvalue weighted by Crippen LogP contribution is -2.52. The molecule has 2 heterocycles. The number of benzene rings is 1. The number of amides is 3. The van der Waals surface area contributed by atoms with E-state index in [0.29, 0.717) is 16.7 Å². The molecule has 0 aromatic heterocycles. The molecule has 1 fully saturated rings. The molecule has 0 aliphatic carbocycles. The van der Waals surface area contributed by atoms with Gasteiger partial charge in [0, 0.05) is 17.5 Å². The van der Waals surface area contributed by atoms with Crippen molar-refractivity contribution in [3.8, 4) is 0 Å². The number of imide groups is 1. The lowest BCUT2D eigenvalue weighted by molar-refractivity contribution is -0.136. The van der Waals surface area contributed by atoms with Gasteiger partial charge in [0.1, 0.15) is 11.9 Å². The van der Waals surface area contributed by atoms with Crippen molar-refractivity contribution in [3.05, 3.63) is 34.6 Å². The van der Waals surface area contributed by atoms with E-state index in [0.717, 1.165) is 0 Å². The SMILES string of the molecule is CC.Cc1cc(F)c2c(c1)C(=O)N(C1CCC(=O)NC1=O)C2. The van der Waals surface area contributed by atoms with Gasteiger partial charge in [-0.05, 0) is 31.0 Å². The number of fused-ring (bicyclic) bond motifs is 1. The van der Waals surface area contributed by atoms with E-state index in [2.05, 4.69) is 5.32 Å². The first-order valence-corrected chi connectivity index (χ1v) is 7.41. The molecule has 118 valence electrons. The Morgan fingerprint density at radius 3 is 2.55 bits per heavy atom. The monoisotopic (exact) mass is 306 g/mol. The summed E-state index contributed by atoms with van der Waals surface area (Å²) in [7, 11) is 0. The quantitative estimate of drug-likeness (QED) is 0.806. The summed E-state index contributed by atoms with van der Waals surface area (Å²) in [6, 6.07) is 2.31. The van der Waals surface area contributed by atoms with Crippen LogP contribution in [0.15, 0.2) is 12.1 Å². The zero-order chi connectivity index (χ0) is 16.4. The number of nitrogens with zero attached hydrogens (tertiary/aromatic N) is 1. The zero-order valence-corrected chi connectivity index (χ0v) is 12.9. The molecule has 0 spiro atoms. The van der Waals surface area contributed by atoms with E-state index < -0.39 is 17.8 Å². The second kappa shape index (κ2) is 6.25. The molecule has 6 heteroatoms. The van der Waals surface area contributed by atoms with Crippen molar-refractivity contribution in [2.45, 2.75) is 46.2 Å². The molecule has 1 aromatic carbocycles. The third-order valence-electron chi connectivity index (χ3n) is 3.75. The van der Waals surface area contributed by atoms with E-state index in [9.17, 15) is 18.8 Å². The minimum atomic E-state index is -0.702. The fraction of sp³-hybridized carbons (Fsp3) is 0.438. The highest BCUT2D eigenvalue weighted by Gasteiger charge is 2.40. The minimum absolute atomic E-state index is 0.0759. The molecule has 5 nitrogen and oxygen atoms in total. The lowest BCUT2D eigenvalue weighted by atomic mass is 10.0. The minimum Gasteiger partial charge on any atom is -0.322 e. The fourth-order valence-corrected chi connectivity index (χ4v) is 2.75. The van der Waals surface area contributed by atoms with Gasteiger partial charge in [0.2, 0.25) is 11.8 Å². The van der Waals surface area contributed by atoms with Crippen molar-refractivity contribution >= 4 is 17.7 Å². The number of hydrogen-bond donors (Lipinski definition) is 1. The smallest absolute Gasteiger partial charge is 0.255 e. The zero-order valence-electron chi connectivity index (χ0n) is 12.9. The first-order valence-electron chi connectivity index (χ1n) is 7.41. The van der Waals surface area contributed by atoms with Crippen molar-refractivity contribution < 1.29 is 18.8 Å². The number of rotatable bonds is 1. The van der Waals surface area contributed by atoms with E-state index in [4.69, 9.17) is 0 Å². The lowest BCUT2D eigenvalue weighted by Gasteiger charge is -2.29. The summed E-state index contributed by atoms with van der Waals surface area (Å²) < 4.78 is 13.9. The number of nitrogens with one attached hydrogen (secondary N) is 1. The highest BCUT2D eigenvalue weighted by Crippen LogP contribution is 2.29. The Hall–Kier alpha value is -2.24. The Balaban J connectivity index is 0.000000847. The molecule has 1 atom stereocenters. The standard InChI is InChI=1S/C14H13FN2O3.C2H6/c1-7-4-8-9(10(15)5-7)6-17(14(8)20)11-2-3-12(18)16-13(11)19;1-2/h4-5,11H,2-3,6H2,1H3,(H,16,18,19);1-2H3. The first-order chi connectivity index (χ1) is 10.5. The van der Waals surface area contributed by atoms with Crippen LogP contribution >= 0.6 is 0 Å². The molecule has 2 aliphatic heterocycles. The topological polar surface area (TPSA) is 66.5 Å².